The van der Waals surface area contributed by atoms with Gasteiger partial charge in [0.1, 0.15) is 5.69 Å². The first kappa shape index (κ1) is 20.8. The van der Waals surface area contributed by atoms with Gasteiger partial charge in [-0.2, -0.15) is 10.1 Å². The van der Waals surface area contributed by atoms with Crippen molar-refractivity contribution < 1.29 is 14.3 Å². The SMILES string of the molecule is COc1ccc(/C=N/NC(=O)c2cc(-c3ccccc3)nc(=O)[nH]2)cc1OC(C)C. The van der Waals surface area contributed by atoms with Gasteiger partial charge in [-0.25, -0.2) is 10.2 Å². The molecule has 2 aromatic carbocycles. The van der Waals surface area contributed by atoms with Gasteiger partial charge in [-0.1, -0.05) is 30.3 Å². The zero-order valence-electron chi connectivity index (χ0n) is 16.9. The van der Waals surface area contributed by atoms with Crippen molar-refractivity contribution in [3.05, 3.63) is 76.3 Å². The molecular formula is C22H22N4O4. The fraction of sp³-hybridized carbons (Fsp3) is 0.182. The third kappa shape index (κ3) is 5.32. The van der Waals surface area contributed by atoms with E-state index in [9.17, 15) is 9.59 Å². The smallest absolute Gasteiger partial charge is 0.346 e. The molecule has 1 amide bonds. The molecule has 3 rings (SSSR count). The molecule has 0 spiro atoms. The molecule has 0 saturated heterocycles. The van der Waals surface area contributed by atoms with Gasteiger partial charge in [0.2, 0.25) is 0 Å². The van der Waals surface area contributed by atoms with Crippen LogP contribution < -0.4 is 20.6 Å². The Hall–Kier alpha value is -3.94. The van der Waals surface area contributed by atoms with Gasteiger partial charge < -0.3 is 14.5 Å². The molecule has 0 fully saturated rings. The van der Waals surface area contributed by atoms with Crippen molar-refractivity contribution in [3.8, 4) is 22.8 Å². The molecule has 0 radical (unpaired) electrons. The summed E-state index contributed by atoms with van der Waals surface area (Å²) >= 11 is 0. The number of nitrogens with zero attached hydrogens (tertiary/aromatic N) is 2. The first-order chi connectivity index (χ1) is 14.5. The van der Waals surface area contributed by atoms with Crippen LogP contribution in [0.15, 0.2) is 64.5 Å². The highest BCUT2D eigenvalue weighted by Crippen LogP contribution is 2.28. The second kappa shape index (κ2) is 9.51. The Kier molecular flexibility index (Phi) is 6.59. The summed E-state index contributed by atoms with van der Waals surface area (Å²) < 4.78 is 11.0. The van der Waals surface area contributed by atoms with Crippen LogP contribution in [0.4, 0.5) is 0 Å². The van der Waals surface area contributed by atoms with Crippen molar-refractivity contribution in [1.82, 2.24) is 15.4 Å². The maximum Gasteiger partial charge on any atom is 0.346 e. The average Bonchev–Trinajstić information content (AvgIpc) is 2.73. The molecule has 0 aliphatic rings. The molecule has 0 aliphatic heterocycles. The molecule has 0 aliphatic carbocycles. The standard InChI is InChI=1S/C22H22N4O4/c1-14(2)30-20-11-15(9-10-19(20)29-3)13-23-26-21(27)18-12-17(24-22(28)25-18)16-7-5-4-6-8-16/h4-14H,1-3H3,(H,26,27)(H,24,25,28)/b23-13+. The van der Waals surface area contributed by atoms with Crippen LogP contribution in [0.5, 0.6) is 11.5 Å². The summed E-state index contributed by atoms with van der Waals surface area (Å²) in [6, 6.07) is 15.9. The number of methoxy groups -OCH3 is 1. The number of H-pyrrole nitrogens is 1. The molecule has 0 saturated carbocycles. The summed E-state index contributed by atoms with van der Waals surface area (Å²) in [5, 5.41) is 3.96. The van der Waals surface area contributed by atoms with Crippen LogP contribution in [0.3, 0.4) is 0 Å². The minimum atomic E-state index is -0.615. The van der Waals surface area contributed by atoms with E-state index in [0.29, 0.717) is 22.8 Å². The van der Waals surface area contributed by atoms with Crippen molar-refractivity contribution in [3.63, 3.8) is 0 Å². The zero-order valence-corrected chi connectivity index (χ0v) is 16.9. The first-order valence-electron chi connectivity index (χ1n) is 9.31. The fourth-order valence-corrected chi connectivity index (χ4v) is 2.68. The number of rotatable bonds is 7. The van der Waals surface area contributed by atoms with E-state index in [1.54, 1.807) is 25.3 Å². The van der Waals surface area contributed by atoms with Crippen LogP contribution in [0.1, 0.15) is 29.9 Å². The summed E-state index contributed by atoms with van der Waals surface area (Å²) in [7, 11) is 1.57. The van der Waals surface area contributed by atoms with Crippen molar-refractivity contribution in [2.24, 2.45) is 5.10 Å². The van der Waals surface area contributed by atoms with Gasteiger partial charge in [-0.05, 0) is 43.7 Å². The number of hydrogen-bond acceptors (Lipinski definition) is 6. The first-order valence-corrected chi connectivity index (χ1v) is 9.31. The van der Waals surface area contributed by atoms with Gasteiger partial charge in [0, 0.05) is 5.56 Å². The van der Waals surface area contributed by atoms with Gasteiger partial charge in [0.05, 0.1) is 25.1 Å². The molecule has 3 aromatic rings. The maximum absolute atomic E-state index is 12.4. The Balaban J connectivity index is 1.75. The third-order valence-corrected chi connectivity index (χ3v) is 3.99. The molecule has 1 heterocycles. The Labute approximate surface area is 173 Å². The predicted molar refractivity (Wildman–Crippen MR) is 114 cm³/mol. The fourth-order valence-electron chi connectivity index (χ4n) is 2.68. The second-order valence-corrected chi connectivity index (χ2v) is 6.63. The minimum Gasteiger partial charge on any atom is -0.493 e. The molecule has 8 heteroatoms. The Morgan fingerprint density at radius 1 is 1.13 bits per heavy atom. The van der Waals surface area contributed by atoms with Gasteiger partial charge in [0.15, 0.2) is 11.5 Å². The van der Waals surface area contributed by atoms with Crippen LogP contribution in [0.25, 0.3) is 11.3 Å². The topological polar surface area (TPSA) is 106 Å². The van der Waals surface area contributed by atoms with Gasteiger partial charge in [-0.3, -0.25) is 4.79 Å². The summed E-state index contributed by atoms with van der Waals surface area (Å²) in [6.07, 6.45) is 1.45. The average molecular weight is 406 g/mol. The predicted octanol–water partition coefficient (Wildman–Crippen LogP) is 3.00. The summed E-state index contributed by atoms with van der Waals surface area (Å²) in [5.41, 5.74) is 3.69. The lowest BCUT2D eigenvalue weighted by molar-refractivity contribution is 0.0949. The van der Waals surface area contributed by atoms with Crippen molar-refractivity contribution in [1.29, 1.82) is 0 Å². The maximum atomic E-state index is 12.4. The highest BCUT2D eigenvalue weighted by atomic mass is 16.5. The van der Waals surface area contributed by atoms with E-state index in [1.807, 2.05) is 44.2 Å². The van der Waals surface area contributed by atoms with E-state index < -0.39 is 11.6 Å². The zero-order chi connectivity index (χ0) is 21.5. The number of carbonyl (C=O) groups is 1. The van der Waals surface area contributed by atoms with E-state index >= 15 is 0 Å². The quantitative estimate of drug-likeness (QED) is 0.463. The van der Waals surface area contributed by atoms with E-state index in [0.717, 1.165) is 5.56 Å². The van der Waals surface area contributed by atoms with Crippen molar-refractivity contribution >= 4 is 12.1 Å². The number of hydrogen-bond donors (Lipinski definition) is 2. The van der Waals surface area contributed by atoms with Crippen LogP contribution in [-0.4, -0.2) is 35.3 Å². The van der Waals surface area contributed by atoms with Gasteiger partial charge in [0.25, 0.3) is 5.91 Å². The number of benzene rings is 2. The van der Waals surface area contributed by atoms with E-state index in [1.165, 1.54) is 12.3 Å². The lowest BCUT2D eigenvalue weighted by atomic mass is 10.1. The summed E-state index contributed by atoms with van der Waals surface area (Å²) in [6.45, 7) is 3.83. The number of hydrazone groups is 1. The highest BCUT2D eigenvalue weighted by molar-refractivity contribution is 5.94. The molecular weight excluding hydrogens is 384 g/mol. The largest absolute Gasteiger partial charge is 0.493 e. The number of nitrogens with one attached hydrogen (secondary N) is 2. The number of ether oxygens (including phenoxy) is 2. The molecule has 8 nitrogen and oxygen atoms in total. The number of aromatic nitrogens is 2. The molecule has 2 N–H and O–H groups in total. The van der Waals surface area contributed by atoms with E-state index in [2.05, 4.69) is 20.5 Å². The lowest BCUT2D eigenvalue weighted by Gasteiger charge is -2.13. The van der Waals surface area contributed by atoms with Crippen LogP contribution in [0, 0.1) is 0 Å². The van der Waals surface area contributed by atoms with E-state index in [-0.39, 0.29) is 11.8 Å². The Morgan fingerprint density at radius 2 is 1.90 bits per heavy atom. The normalized spacial score (nSPS) is 10.9. The summed E-state index contributed by atoms with van der Waals surface area (Å²) in [5.74, 6) is 0.622. The highest BCUT2D eigenvalue weighted by Gasteiger charge is 2.10. The third-order valence-electron chi connectivity index (χ3n) is 3.99. The molecule has 0 bridgehead atoms. The number of amides is 1. The minimum absolute atomic E-state index is 0.0203. The van der Waals surface area contributed by atoms with Crippen LogP contribution in [0.2, 0.25) is 0 Å². The number of carbonyl (C=O) groups excluding carboxylic acids is 1. The lowest BCUT2D eigenvalue weighted by Crippen LogP contribution is -2.24. The van der Waals surface area contributed by atoms with E-state index in [4.69, 9.17) is 9.47 Å². The summed E-state index contributed by atoms with van der Waals surface area (Å²) in [4.78, 5) is 30.6. The molecule has 30 heavy (non-hydrogen) atoms. The second-order valence-electron chi connectivity index (χ2n) is 6.63. The Bertz CT molecular complexity index is 1110. The Morgan fingerprint density at radius 3 is 2.60 bits per heavy atom. The monoisotopic (exact) mass is 406 g/mol. The van der Waals surface area contributed by atoms with Crippen LogP contribution >= 0.6 is 0 Å². The molecule has 0 unspecified atom stereocenters. The molecule has 1 aromatic heterocycles. The van der Waals surface area contributed by atoms with Crippen LogP contribution in [-0.2, 0) is 0 Å². The molecule has 154 valence electrons. The van der Waals surface area contributed by atoms with Gasteiger partial charge in [-0.15, -0.1) is 0 Å². The molecule has 0 atom stereocenters. The van der Waals surface area contributed by atoms with Crippen molar-refractivity contribution in [2.75, 3.05) is 7.11 Å². The number of aromatic amines is 1. The van der Waals surface area contributed by atoms with Crippen molar-refractivity contribution in [2.45, 2.75) is 20.0 Å². The van der Waals surface area contributed by atoms with Gasteiger partial charge >= 0.3 is 5.69 Å².